The van der Waals surface area contributed by atoms with E-state index in [1.165, 1.54) is 24.3 Å². The van der Waals surface area contributed by atoms with Gasteiger partial charge < -0.3 is 16.0 Å². The fourth-order valence-electron chi connectivity index (χ4n) is 2.41. The van der Waals surface area contributed by atoms with Crippen molar-refractivity contribution in [1.29, 1.82) is 0 Å². The molecular weight excluding hydrogens is 300 g/mol. The van der Waals surface area contributed by atoms with Crippen LogP contribution in [0.5, 0.6) is 0 Å². The molecule has 1 aromatic rings. The van der Waals surface area contributed by atoms with E-state index in [9.17, 15) is 19.7 Å². The van der Waals surface area contributed by atoms with Crippen molar-refractivity contribution in [2.45, 2.75) is 31.8 Å². The van der Waals surface area contributed by atoms with Crippen LogP contribution >= 0.6 is 0 Å². The van der Waals surface area contributed by atoms with Gasteiger partial charge in [-0.15, -0.1) is 0 Å². The minimum Gasteiger partial charge on any atom is -0.350 e. The topological polar surface area (TPSA) is 113 Å². The fraction of sp³-hybridized carbons (Fsp3) is 0.467. The summed E-state index contributed by atoms with van der Waals surface area (Å²) in [4.78, 5) is 34.4. The van der Waals surface area contributed by atoms with Crippen LogP contribution in [0.15, 0.2) is 24.3 Å². The number of non-ortho nitro benzene ring substituents is 1. The minimum atomic E-state index is -0.719. The molecule has 8 nitrogen and oxygen atoms in total. The van der Waals surface area contributed by atoms with Gasteiger partial charge in [0.25, 0.3) is 11.6 Å². The van der Waals surface area contributed by atoms with Crippen molar-refractivity contribution in [3.05, 3.63) is 39.9 Å². The summed E-state index contributed by atoms with van der Waals surface area (Å²) in [5.74, 6) is -0.782. The van der Waals surface area contributed by atoms with E-state index in [0.717, 1.165) is 25.9 Å². The predicted octanol–water partition coefficient (Wildman–Crippen LogP) is 0.581. The van der Waals surface area contributed by atoms with Crippen LogP contribution in [0.25, 0.3) is 0 Å². The normalized spacial score (nSPS) is 18.7. The Bertz CT molecular complexity index is 599. The number of benzene rings is 1. The third-order valence-electron chi connectivity index (χ3n) is 3.70. The summed E-state index contributed by atoms with van der Waals surface area (Å²) in [5, 5.41) is 19.4. The molecule has 8 heteroatoms. The Kier molecular flexibility index (Phi) is 5.64. The zero-order chi connectivity index (χ0) is 16.8. The molecule has 3 N–H and O–H groups in total. The largest absolute Gasteiger partial charge is 0.350 e. The molecule has 0 radical (unpaired) electrons. The molecule has 1 aliphatic heterocycles. The molecule has 0 spiro atoms. The second-order valence-corrected chi connectivity index (χ2v) is 5.55. The maximum atomic E-state index is 12.1. The molecule has 2 amide bonds. The SMILES string of the molecule is CC(NC(=O)c1cccc([N+](=O)[O-])c1)C(=O)NC1CCCNC1. The van der Waals surface area contributed by atoms with Gasteiger partial charge >= 0.3 is 0 Å². The van der Waals surface area contributed by atoms with Crippen molar-refractivity contribution < 1.29 is 14.5 Å². The number of piperidine rings is 1. The average molecular weight is 320 g/mol. The van der Waals surface area contributed by atoms with Gasteiger partial charge in [0.1, 0.15) is 6.04 Å². The summed E-state index contributed by atoms with van der Waals surface area (Å²) < 4.78 is 0. The summed E-state index contributed by atoms with van der Waals surface area (Å²) in [6.07, 6.45) is 1.91. The van der Waals surface area contributed by atoms with Gasteiger partial charge in [-0.1, -0.05) is 6.07 Å². The first-order valence-corrected chi connectivity index (χ1v) is 7.54. The predicted molar refractivity (Wildman–Crippen MR) is 84.1 cm³/mol. The van der Waals surface area contributed by atoms with E-state index in [2.05, 4.69) is 16.0 Å². The third kappa shape index (κ3) is 4.75. The maximum absolute atomic E-state index is 12.1. The second-order valence-electron chi connectivity index (χ2n) is 5.55. The van der Waals surface area contributed by atoms with Crippen LogP contribution in [-0.2, 0) is 4.79 Å². The average Bonchev–Trinajstić information content (AvgIpc) is 2.55. The van der Waals surface area contributed by atoms with Crippen LogP contribution in [0, 0.1) is 10.1 Å². The van der Waals surface area contributed by atoms with Crippen LogP contribution in [0.3, 0.4) is 0 Å². The zero-order valence-corrected chi connectivity index (χ0v) is 12.9. The van der Waals surface area contributed by atoms with Gasteiger partial charge in [-0.2, -0.15) is 0 Å². The number of nitrogens with one attached hydrogen (secondary N) is 3. The number of rotatable bonds is 5. The highest BCUT2D eigenvalue weighted by Crippen LogP contribution is 2.13. The van der Waals surface area contributed by atoms with Gasteiger partial charge in [-0.25, -0.2) is 0 Å². The third-order valence-corrected chi connectivity index (χ3v) is 3.70. The van der Waals surface area contributed by atoms with E-state index >= 15 is 0 Å². The molecule has 124 valence electrons. The lowest BCUT2D eigenvalue weighted by molar-refractivity contribution is -0.384. The zero-order valence-electron chi connectivity index (χ0n) is 12.9. The molecule has 1 saturated heterocycles. The Morgan fingerprint density at radius 3 is 2.87 bits per heavy atom. The molecule has 2 atom stereocenters. The Morgan fingerprint density at radius 1 is 1.43 bits per heavy atom. The first-order valence-electron chi connectivity index (χ1n) is 7.54. The number of nitro benzene ring substituents is 1. The maximum Gasteiger partial charge on any atom is 0.270 e. The Hall–Kier alpha value is -2.48. The highest BCUT2D eigenvalue weighted by atomic mass is 16.6. The lowest BCUT2D eigenvalue weighted by Gasteiger charge is -2.25. The quantitative estimate of drug-likeness (QED) is 0.542. The molecule has 1 aromatic carbocycles. The molecule has 0 aromatic heterocycles. The molecule has 23 heavy (non-hydrogen) atoms. The number of hydrogen-bond donors (Lipinski definition) is 3. The van der Waals surface area contributed by atoms with E-state index < -0.39 is 16.9 Å². The summed E-state index contributed by atoms with van der Waals surface area (Å²) >= 11 is 0. The van der Waals surface area contributed by atoms with Crippen molar-refractivity contribution in [2.75, 3.05) is 13.1 Å². The number of nitrogens with zero attached hydrogens (tertiary/aromatic N) is 1. The van der Waals surface area contributed by atoms with Crippen molar-refractivity contribution in [3.63, 3.8) is 0 Å². The number of hydrogen-bond acceptors (Lipinski definition) is 5. The van der Waals surface area contributed by atoms with Crippen LogP contribution < -0.4 is 16.0 Å². The second kappa shape index (κ2) is 7.68. The van der Waals surface area contributed by atoms with Gasteiger partial charge in [-0.05, 0) is 32.4 Å². The number of amides is 2. The molecule has 1 fully saturated rings. The summed E-state index contributed by atoms with van der Waals surface area (Å²) in [5.41, 5.74) is -0.0128. The molecular formula is C15H20N4O4. The van der Waals surface area contributed by atoms with Gasteiger partial charge in [0.2, 0.25) is 5.91 Å². The van der Waals surface area contributed by atoms with Crippen LogP contribution in [0.4, 0.5) is 5.69 Å². The molecule has 1 aliphatic rings. The molecule has 0 aliphatic carbocycles. The van der Waals surface area contributed by atoms with E-state index in [4.69, 9.17) is 0 Å². The van der Waals surface area contributed by atoms with E-state index in [1.54, 1.807) is 6.92 Å². The van der Waals surface area contributed by atoms with Crippen molar-refractivity contribution in [3.8, 4) is 0 Å². The van der Waals surface area contributed by atoms with E-state index in [-0.39, 0.29) is 23.2 Å². The van der Waals surface area contributed by atoms with E-state index in [1.807, 2.05) is 0 Å². The summed E-state index contributed by atoms with van der Waals surface area (Å²) in [6.45, 7) is 3.25. The van der Waals surface area contributed by atoms with Crippen LogP contribution in [0.1, 0.15) is 30.1 Å². The molecule has 0 saturated carbocycles. The highest BCUT2D eigenvalue weighted by Gasteiger charge is 2.21. The van der Waals surface area contributed by atoms with Crippen molar-refractivity contribution in [2.24, 2.45) is 0 Å². The van der Waals surface area contributed by atoms with Crippen LogP contribution in [0.2, 0.25) is 0 Å². The minimum absolute atomic E-state index is 0.0633. The Balaban J connectivity index is 1.92. The summed E-state index contributed by atoms with van der Waals surface area (Å²) in [7, 11) is 0. The Morgan fingerprint density at radius 2 is 2.22 bits per heavy atom. The standard InChI is InChI=1S/C15H20N4O4/c1-10(14(20)18-12-5-3-7-16-9-12)17-15(21)11-4-2-6-13(8-11)19(22)23/h2,4,6,8,10,12,16H,3,5,7,9H2,1H3,(H,17,21)(H,18,20). The molecule has 1 heterocycles. The van der Waals surface area contributed by atoms with Gasteiger partial charge in [0.05, 0.1) is 4.92 Å². The summed E-state index contributed by atoms with van der Waals surface area (Å²) in [6, 6.07) is 4.74. The fourth-order valence-corrected chi connectivity index (χ4v) is 2.41. The number of carbonyl (C=O) groups is 2. The number of nitro groups is 1. The van der Waals surface area contributed by atoms with E-state index in [0.29, 0.717) is 0 Å². The van der Waals surface area contributed by atoms with Gasteiger partial charge in [-0.3, -0.25) is 19.7 Å². The number of carbonyl (C=O) groups excluding carboxylic acids is 2. The van der Waals surface area contributed by atoms with Crippen molar-refractivity contribution in [1.82, 2.24) is 16.0 Å². The lowest BCUT2D eigenvalue weighted by atomic mass is 10.1. The van der Waals surface area contributed by atoms with Gasteiger partial charge in [0.15, 0.2) is 0 Å². The van der Waals surface area contributed by atoms with Crippen LogP contribution in [-0.4, -0.2) is 41.9 Å². The smallest absolute Gasteiger partial charge is 0.270 e. The first-order chi connectivity index (χ1) is 11.0. The molecule has 2 unspecified atom stereocenters. The molecule has 0 bridgehead atoms. The van der Waals surface area contributed by atoms with Gasteiger partial charge in [0, 0.05) is 30.3 Å². The monoisotopic (exact) mass is 320 g/mol. The first kappa shape index (κ1) is 16.9. The Labute approximate surface area is 133 Å². The van der Waals surface area contributed by atoms with Crippen molar-refractivity contribution >= 4 is 17.5 Å². The molecule has 2 rings (SSSR count). The lowest BCUT2D eigenvalue weighted by Crippen LogP contribution is -2.52. The highest BCUT2D eigenvalue weighted by molar-refractivity contribution is 5.97.